The number of benzene rings is 1. The summed E-state index contributed by atoms with van der Waals surface area (Å²) >= 11 is 0. The van der Waals surface area contributed by atoms with Gasteiger partial charge in [0.1, 0.15) is 0 Å². The summed E-state index contributed by atoms with van der Waals surface area (Å²) < 4.78 is 0. The van der Waals surface area contributed by atoms with E-state index in [0.717, 1.165) is 31.5 Å². The maximum absolute atomic E-state index is 12.2. The number of piperidine rings is 1. The highest BCUT2D eigenvalue weighted by molar-refractivity contribution is 5.78. The maximum atomic E-state index is 12.2. The van der Waals surface area contributed by atoms with Gasteiger partial charge in [0.05, 0.1) is 6.42 Å². The first-order chi connectivity index (χ1) is 8.69. The molecule has 0 aliphatic carbocycles. The van der Waals surface area contributed by atoms with E-state index in [1.54, 1.807) is 0 Å². The summed E-state index contributed by atoms with van der Waals surface area (Å²) in [6.45, 7) is 4.47. The van der Waals surface area contributed by atoms with Gasteiger partial charge < -0.3 is 10.6 Å². The SMILES string of the molecule is Cc1cccc(CC(=O)N2CCCC(CN)C2)c1. The van der Waals surface area contributed by atoms with Crippen LogP contribution in [0.25, 0.3) is 0 Å². The third-order valence-electron chi connectivity index (χ3n) is 3.64. The van der Waals surface area contributed by atoms with Crippen molar-refractivity contribution in [2.24, 2.45) is 11.7 Å². The van der Waals surface area contributed by atoms with E-state index in [1.807, 2.05) is 17.0 Å². The Kier molecular flexibility index (Phi) is 4.37. The fourth-order valence-electron chi connectivity index (χ4n) is 2.59. The molecule has 1 aliphatic heterocycles. The molecule has 1 aromatic carbocycles. The van der Waals surface area contributed by atoms with Gasteiger partial charge in [-0.3, -0.25) is 4.79 Å². The molecule has 1 heterocycles. The predicted molar refractivity (Wildman–Crippen MR) is 73.2 cm³/mol. The number of hydrogen-bond acceptors (Lipinski definition) is 2. The van der Waals surface area contributed by atoms with Gasteiger partial charge in [-0.25, -0.2) is 0 Å². The lowest BCUT2D eigenvalue weighted by atomic mass is 9.97. The van der Waals surface area contributed by atoms with Gasteiger partial charge in [0.15, 0.2) is 0 Å². The van der Waals surface area contributed by atoms with Gasteiger partial charge in [-0.2, -0.15) is 0 Å². The molecule has 1 aromatic rings. The van der Waals surface area contributed by atoms with Crippen LogP contribution in [0.3, 0.4) is 0 Å². The molecule has 1 aliphatic rings. The molecule has 1 fully saturated rings. The third kappa shape index (κ3) is 3.33. The second kappa shape index (κ2) is 6.01. The lowest BCUT2D eigenvalue weighted by Gasteiger charge is -2.32. The van der Waals surface area contributed by atoms with E-state index in [9.17, 15) is 4.79 Å². The van der Waals surface area contributed by atoms with E-state index < -0.39 is 0 Å². The number of aryl methyl sites for hydroxylation is 1. The van der Waals surface area contributed by atoms with Crippen LogP contribution >= 0.6 is 0 Å². The van der Waals surface area contributed by atoms with Gasteiger partial charge in [-0.05, 0) is 37.8 Å². The number of rotatable bonds is 3. The van der Waals surface area contributed by atoms with Crippen molar-refractivity contribution < 1.29 is 4.79 Å². The molecular weight excluding hydrogens is 224 g/mol. The van der Waals surface area contributed by atoms with Crippen molar-refractivity contribution in [2.75, 3.05) is 19.6 Å². The third-order valence-corrected chi connectivity index (χ3v) is 3.64. The lowest BCUT2D eigenvalue weighted by Crippen LogP contribution is -2.42. The molecule has 1 amide bonds. The molecule has 0 aromatic heterocycles. The van der Waals surface area contributed by atoms with Crippen LogP contribution in [0.4, 0.5) is 0 Å². The molecule has 0 saturated carbocycles. The molecule has 2 N–H and O–H groups in total. The smallest absolute Gasteiger partial charge is 0.226 e. The van der Waals surface area contributed by atoms with Crippen molar-refractivity contribution in [3.05, 3.63) is 35.4 Å². The standard InChI is InChI=1S/C15H22N2O/c1-12-4-2-5-13(8-12)9-15(18)17-7-3-6-14(10-16)11-17/h2,4-5,8,14H,3,6-7,9-11,16H2,1H3. The summed E-state index contributed by atoms with van der Waals surface area (Å²) in [7, 11) is 0. The summed E-state index contributed by atoms with van der Waals surface area (Å²) in [5, 5.41) is 0. The number of amides is 1. The largest absolute Gasteiger partial charge is 0.342 e. The quantitative estimate of drug-likeness (QED) is 0.883. The average Bonchev–Trinajstić information content (AvgIpc) is 2.39. The Morgan fingerprint density at radius 1 is 1.50 bits per heavy atom. The molecule has 18 heavy (non-hydrogen) atoms. The molecule has 3 heteroatoms. The Morgan fingerprint density at radius 2 is 2.33 bits per heavy atom. The fourth-order valence-corrected chi connectivity index (χ4v) is 2.59. The highest BCUT2D eigenvalue weighted by atomic mass is 16.2. The van der Waals surface area contributed by atoms with E-state index >= 15 is 0 Å². The van der Waals surface area contributed by atoms with Gasteiger partial charge in [0, 0.05) is 13.1 Å². The normalized spacial score (nSPS) is 19.9. The van der Waals surface area contributed by atoms with Crippen molar-refractivity contribution in [1.82, 2.24) is 4.90 Å². The average molecular weight is 246 g/mol. The fraction of sp³-hybridized carbons (Fsp3) is 0.533. The summed E-state index contributed by atoms with van der Waals surface area (Å²) in [5.74, 6) is 0.721. The zero-order valence-electron chi connectivity index (χ0n) is 11.1. The van der Waals surface area contributed by atoms with E-state index in [4.69, 9.17) is 5.73 Å². The molecule has 2 rings (SSSR count). The van der Waals surface area contributed by atoms with Crippen LogP contribution in [0.2, 0.25) is 0 Å². The first-order valence-corrected chi connectivity index (χ1v) is 6.72. The molecule has 3 nitrogen and oxygen atoms in total. The maximum Gasteiger partial charge on any atom is 0.226 e. The van der Waals surface area contributed by atoms with Gasteiger partial charge in [-0.1, -0.05) is 29.8 Å². The van der Waals surface area contributed by atoms with E-state index in [-0.39, 0.29) is 5.91 Å². The lowest BCUT2D eigenvalue weighted by molar-refractivity contribution is -0.132. The van der Waals surface area contributed by atoms with Crippen molar-refractivity contribution in [3.8, 4) is 0 Å². The highest BCUT2D eigenvalue weighted by Gasteiger charge is 2.22. The van der Waals surface area contributed by atoms with Crippen molar-refractivity contribution >= 4 is 5.91 Å². The Bertz CT molecular complexity index is 417. The van der Waals surface area contributed by atoms with Gasteiger partial charge >= 0.3 is 0 Å². The molecule has 1 atom stereocenters. The van der Waals surface area contributed by atoms with Gasteiger partial charge in [-0.15, -0.1) is 0 Å². The molecule has 1 saturated heterocycles. The van der Waals surface area contributed by atoms with Crippen LogP contribution < -0.4 is 5.73 Å². The van der Waals surface area contributed by atoms with E-state index in [0.29, 0.717) is 18.9 Å². The second-order valence-corrected chi connectivity index (χ2v) is 5.25. The van der Waals surface area contributed by atoms with Gasteiger partial charge in [0.25, 0.3) is 0 Å². The predicted octanol–water partition coefficient (Wildman–Crippen LogP) is 1.73. The summed E-state index contributed by atoms with van der Waals surface area (Å²) in [6.07, 6.45) is 2.76. The van der Waals surface area contributed by atoms with Crippen LogP contribution in [0.1, 0.15) is 24.0 Å². The minimum atomic E-state index is 0.235. The molecule has 0 spiro atoms. The number of nitrogens with two attached hydrogens (primary N) is 1. The van der Waals surface area contributed by atoms with Crippen LogP contribution in [0.15, 0.2) is 24.3 Å². The number of carbonyl (C=O) groups excluding carboxylic acids is 1. The summed E-state index contributed by atoms with van der Waals surface area (Å²) in [6, 6.07) is 8.17. The number of hydrogen-bond donors (Lipinski definition) is 1. The Balaban J connectivity index is 1.95. The van der Waals surface area contributed by atoms with Crippen LogP contribution in [0, 0.1) is 12.8 Å². The van der Waals surface area contributed by atoms with Crippen LogP contribution in [-0.4, -0.2) is 30.4 Å². The first kappa shape index (κ1) is 13.1. The van der Waals surface area contributed by atoms with E-state index in [2.05, 4.69) is 19.1 Å². The first-order valence-electron chi connectivity index (χ1n) is 6.72. The van der Waals surface area contributed by atoms with Gasteiger partial charge in [0.2, 0.25) is 5.91 Å². The topological polar surface area (TPSA) is 46.3 Å². The Hall–Kier alpha value is -1.35. The number of likely N-dealkylation sites (tertiary alicyclic amines) is 1. The van der Waals surface area contributed by atoms with Crippen LogP contribution in [-0.2, 0) is 11.2 Å². The molecule has 0 bridgehead atoms. The zero-order valence-corrected chi connectivity index (χ0v) is 11.1. The monoisotopic (exact) mass is 246 g/mol. The van der Waals surface area contributed by atoms with Crippen molar-refractivity contribution in [2.45, 2.75) is 26.2 Å². The number of carbonyl (C=O) groups is 1. The van der Waals surface area contributed by atoms with E-state index in [1.165, 1.54) is 5.56 Å². The minimum absolute atomic E-state index is 0.235. The van der Waals surface area contributed by atoms with Crippen molar-refractivity contribution in [3.63, 3.8) is 0 Å². The minimum Gasteiger partial charge on any atom is -0.342 e. The molecular formula is C15H22N2O. The zero-order chi connectivity index (χ0) is 13.0. The molecule has 1 unspecified atom stereocenters. The van der Waals surface area contributed by atoms with Crippen molar-refractivity contribution in [1.29, 1.82) is 0 Å². The van der Waals surface area contributed by atoms with Crippen LogP contribution in [0.5, 0.6) is 0 Å². The number of nitrogens with zero attached hydrogens (tertiary/aromatic N) is 1. The summed E-state index contributed by atoms with van der Waals surface area (Å²) in [5.41, 5.74) is 8.01. The summed E-state index contributed by atoms with van der Waals surface area (Å²) in [4.78, 5) is 14.2. The highest BCUT2D eigenvalue weighted by Crippen LogP contribution is 2.16. The molecule has 0 radical (unpaired) electrons. The Labute approximate surface area is 109 Å². The second-order valence-electron chi connectivity index (χ2n) is 5.25. The molecule has 98 valence electrons. The Morgan fingerprint density at radius 3 is 3.06 bits per heavy atom.